The number of hydrogen-bond donors (Lipinski definition) is 3. The van der Waals surface area contributed by atoms with Gasteiger partial charge < -0.3 is 16.4 Å². The summed E-state index contributed by atoms with van der Waals surface area (Å²) in [6.45, 7) is 9.23. The number of fused-ring (bicyclic) bond motifs is 1. The molecule has 2 aromatic carbocycles. The topological polar surface area (TPSA) is 70.4 Å². The number of carbonyl (C=O) groups is 1. The average Bonchev–Trinajstić information content (AvgIpc) is 2.80. The summed E-state index contributed by atoms with van der Waals surface area (Å²) in [5.74, 6) is -0.324. The highest BCUT2D eigenvalue weighted by atomic mass is 127. The van der Waals surface area contributed by atoms with Gasteiger partial charge in [-0.2, -0.15) is 0 Å². The third-order valence-electron chi connectivity index (χ3n) is 5.51. The molecule has 5 nitrogen and oxygen atoms in total. The number of unbranched alkanes of at least 4 members (excludes halogenated alkanes) is 1. The van der Waals surface area contributed by atoms with E-state index in [-0.39, 0.29) is 5.91 Å². The number of nitrogens with one attached hydrogen (secondary N) is 2. The van der Waals surface area contributed by atoms with Crippen molar-refractivity contribution in [3.63, 3.8) is 0 Å². The van der Waals surface area contributed by atoms with Crippen molar-refractivity contribution in [3.05, 3.63) is 80.8 Å². The van der Waals surface area contributed by atoms with Crippen LogP contribution in [0, 0.1) is 6.92 Å². The van der Waals surface area contributed by atoms with Gasteiger partial charge in [0.25, 0.3) is 5.91 Å². The van der Waals surface area contributed by atoms with E-state index in [4.69, 9.17) is 17.3 Å². The van der Waals surface area contributed by atoms with Gasteiger partial charge in [0.05, 0.1) is 20.6 Å². The van der Waals surface area contributed by atoms with Crippen molar-refractivity contribution in [2.45, 2.75) is 32.7 Å². The molecule has 1 aliphatic rings. The summed E-state index contributed by atoms with van der Waals surface area (Å²) >= 11 is 9.86. The van der Waals surface area contributed by atoms with E-state index in [2.05, 4.69) is 62.9 Å². The highest BCUT2D eigenvalue weighted by Gasteiger charge is 2.18. The first kappa shape index (κ1) is 25.9. The quantitative estimate of drug-likeness (QED) is 0.130. The van der Waals surface area contributed by atoms with Crippen LogP contribution in [0.25, 0.3) is 0 Å². The lowest BCUT2D eigenvalue weighted by molar-refractivity contribution is -0.112. The van der Waals surface area contributed by atoms with E-state index in [1.165, 1.54) is 52.9 Å². The zero-order valence-electron chi connectivity index (χ0n) is 18.8. The lowest BCUT2D eigenvalue weighted by Crippen LogP contribution is -2.31. The number of thioether (sulfide) groups is 1. The number of hydrogen-bond acceptors (Lipinski definition) is 5. The van der Waals surface area contributed by atoms with Crippen LogP contribution in [0.3, 0.4) is 0 Å². The zero-order chi connectivity index (χ0) is 23.8. The highest BCUT2D eigenvalue weighted by Crippen LogP contribution is 2.30. The van der Waals surface area contributed by atoms with E-state index < -0.39 is 0 Å². The van der Waals surface area contributed by atoms with Crippen molar-refractivity contribution < 1.29 is 4.79 Å². The Hall–Kier alpha value is -1.68. The zero-order valence-corrected chi connectivity index (χ0v) is 22.5. The van der Waals surface area contributed by atoms with Crippen molar-refractivity contribution in [1.82, 2.24) is 4.90 Å². The largest absolute Gasteiger partial charge is 0.404 e. The molecule has 1 aliphatic heterocycles. The fraction of sp³-hybridized carbons (Fsp3) is 0.320. The molecule has 0 saturated heterocycles. The summed E-state index contributed by atoms with van der Waals surface area (Å²) in [5.41, 5.74) is 10.9. The minimum atomic E-state index is -0.324. The van der Waals surface area contributed by atoms with Gasteiger partial charge in [-0.3, -0.25) is 9.69 Å². The molecular weight excluding hydrogens is 567 g/mol. The van der Waals surface area contributed by atoms with Gasteiger partial charge in [-0.1, -0.05) is 70.7 Å². The predicted octanol–water partition coefficient (Wildman–Crippen LogP) is 6.28. The van der Waals surface area contributed by atoms with Crippen LogP contribution in [0.1, 0.15) is 29.5 Å². The molecule has 3 rings (SSSR count). The number of carbonyl (C=O) groups excluding carboxylic acids is 1. The maximum absolute atomic E-state index is 12.7. The summed E-state index contributed by atoms with van der Waals surface area (Å²) in [6.07, 6.45) is 4.87. The van der Waals surface area contributed by atoms with Gasteiger partial charge >= 0.3 is 0 Å². The van der Waals surface area contributed by atoms with Crippen LogP contribution in [0.5, 0.6) is 0 Å². The highest BCUT2D eigenvalue weighted by molar-refractivity contribution is 14.1. The standard InChI is InChI=1S/C25H30ClIN4OS/c1-17-6-5-7-22(26)24(17)30-25(32)23(15-28)33-18(2)29-21-9-8-20-16-31(12-4-3-11-27)13-10-19(20)14-21/h5-9,14-15,29H,2-4,10-13,16,28H2,1H3,(H,30,32)/b23-15-. The number of alkyl halides is 1. The first-order chi connectivity index (χ1) is 15.9. The third kappa shape index (κ3) is 7.40. The normalized spacial score (nSPS) is 14.0. The van der Waals surface area contributed by atoms with Crippen molar-refractivity contribution in [2.24, 2.45) is 5.73 Å². The summed E-state index contributed by atoms with van der Waals surface area (Å²) in [5, 5.41) is 7.26. The molecule has 0 aromatic heterocycles. The number of para-hydroxylation sites is 1. The molecule has 0 spiro atoms. The van der Waals surface area contributed by atoms with Gasteiger partial charge in [-0.05, 0) is 72.0 Å². The van der Waals surface area contributed by atoms with E-state index in [1.54, 1.807) is 6.07 Å². The lowest BCUT2D eigenvalue weighted by atomic mass is 9.99. The Labute approximate surface area is 219 Å². The maximum atomic E-state index is 12.7. The molecule has 2 aromatic rings. The summed E-state index contributed by atoms with van der Waals surface area (Å²) < 4.78 is 1.22. The van der Waals surface area contributed by atoms with Crippen molar-refractivity contribution in [1.29, 1.82) is 0 Å². The molecule has 0 atom stereocenters. The molecule has 4 N–H and O–H groups in total. The molecule has 1 amide bonds. The Morgan fingerprint density at radius 3 is 2.82 bits per heavy atom. The Balaban J connectivity index is 1.57. The minimum Gasteiger partial charge on any atom is -0.404 e. The fourth-order valence-corrected chi connectivity index (χ4v) is 5.21. The van der Waals surface area contributed by atoms with Crippen LogP contribution in [0.15, 0.2) is 59.1 Å². The van der Waals surface area contributed by atoms with E-state index >= 15 is 0 Å². The molecule has 176 valence electrons. The van der Waals surface area contributed by atoms with Crippen molar-refractivity contribution in [3.8, 4) is 0 Å². The summed E-state index contributed by atoms with van der Waals surface area (Å²) in [7, 11) is 0. The number of aryl methyl sites for hydroxylation is 1. The molecule has 1 heterocycles. The van der Waals surface area contributed by atoms with E-state index in [0.717, 1.165) is 30.8 Å². The van der Waals surface area contributed by atoms with Crippen molar-refractivity contribution in [2.75, 3.05) is 28.2 Å². The van der Waals surface area contributed by atoms with E-state index in [1.807, 2.05) is 19.1 Å². The monoisotopic (exact) mass is 596 g/mol. The van der Waals surface area contributed by atoms with Gasteiger partial charge in [0, 0.05) is 25.0 Å². The van der Waals surface area contributed by atoms with Gasteiger partial charge in [-0.15, -0.1) is 0 Å². The van der Waals surface area contributed by atoms with Gasteiger partial charge in [0.1, 0.15) is 0 Å². The molecule has 0 aliphatic carbocycles. The molecule has 33 heavy (non-hydrogen) atoms. The van der Waals surface area contributed by atoms with Crippen LogP contribution in [-0.4, -0.2) is 28.3 Å². The fourth-order valence-electron chi connectivity index (χ4n) is 3.75. The number of benzene rings is 2. The third-order valence-corrected chi connectivity index (χ3v) is 7.48. The number of anilines is 2. The van der Waals surface area contributed by atoms with Crippen molar-refractivity contribution >= 4 is 63.2 Å². The first-order valence-electron chi connectivity index (χ1n) is 10.9. The second-order valence-electron chi connectivity index (χ2n) is 7.97. The maximum Gasteiger partial charge on any atom is 0.264 e. The molecule has 0 unspecified atom stereocenters. The summed E-state index contributed by atoms with van der Waals surface area (Å²) in [6, 6.07) is 11.9. The lowest BCUT2D eigenvalue weighted by Gasteiger charge is -2.29. The predicted molar refractivity (Wildman–Crippen MR) is 151 cm³/mol. The Morgan fingerprint density at radius 1 is 1.27 bits per heavy atom. The van der Waals surface area contributed by atoms with Crippen LogP contribution in [0.4, 0.5) is 11.4 Å². The number of rotatable bonds is 10. The number of nitrogens with zero attached hydrogens (tertiary/aromatic N) is 1. The SMILES string of the molecule is C=C(Nc1ccc2c(c1)CCN(CCCCI)C2)S/C(=C\N)C(=O)Nc1c(C)cccc1Cl. The van der Waals surface area contributed by atoms with E-state index in [0.29, 0.717) is 20.6 Å². The smallest absolute Gasteiger partial charge is 0.264 e. The Kier molecular flexibility index (Phi) is 9.97. The van der Waals surface area contributed by atoms with Gasteiger partial charge in [0.2, 0.25) is 0 Å². The molecule has 0 radical (unpaired) electrons. The number of halogens is 2. The van der Waals surface area contributed by atoms with Crippen LogP contribution >= 0.6 is 46.0 Å². The number of nitrogens with two attached hydrogens (primary N) is 1. The molecule has 0 bridgehead atoms. The Morgan fingerprint density at radius 2 is 2.09 bits per heavy atom. The Bertz CT molecular complexity index is 1020. The first-order valence-corrected chi connectivity index (χ1v) is 13.7. The van der Waals surface area contributed by atoms with E-state index in [9.17, 15) is 4.79 Å². The molecule has 0 saturated carbocycles. The molecule has 0 fully saturated rings. The molecular formula is C25H30ClIN4OS. The second-order valence-corrected chi connectivity index (χ2v) is 10.6. The second kappa shape index (κ2) is 12.7. The van der Waals surface area contributed by atoms with Crippen LogP contribution in [-0.2, 0) is 17.8 Å². The minimum absolute atomic E-state index is 0.324. The van der Waals surface area contributed by atoms with Gasteiger partial charge in [0.15, 0.2) is 0 Å². The van der Waals surface area contributed by atoms with Gasteiger partial charge in [-0.25, -0.2) is 0 Å². The average molecular weight is 597 g/mol. The number of amides is 1. The summed E-state index contributed by atoms with van der Waals surface area (Å²) in [4.78, 5) is 15.6. The molecule has 8 heteroatoms. The van der Waals surface area contributed by atoms with Crippen LogP contribution in [0.2, 0.25) is 5.02 Å². The van der Waals surface area contributed by atoms with Crippen LogP contribution < -0.4 is 16.4 Å².